The van der Waals surface area contributed by atoms with Gasteiger partial charge in [0, 0.05) is 6.20 Å². The molecule has 0 fully saturated rings. The Morgan fingerprint density at radius 1 is 1.25 bits per heavy atom. The smallest absolute Gasteiger partial charge is 0.185 e. The average molecular weight is 270 g/mol. The number of pyridine rings is 1. The number of rotatable bonds is 2. The van der Waals surface area contributed by atoms with Crippen molar-refractivity contribution in [3.8, 4) is 28.7 Å². The van der Waals surface area contributed by atoms with Gasteiger partial charge in [-0.15, -0.1) is 0 Å². The second kappa shape index (κ2) is 4.73. The normalized spacial score (nSPS) is 10.7. The number of hydrogen-bond donors (Lipinski definition) is 2. The fourth-order valence-electron chi connectivity index (χ4n) is 1.91. The van der Waals surface area contributed by atoms with E-state index < -0.39 is 5.82 Å². The van der Waals surface area contributed by atoms with Gasteiger partial charge in [-0.3, -0.25) is 10.1 Å². The zero-order chi connectivity index (χ0) is 14.1. The van der Waals surface area contributed by atoms with E-state index in [9.17, 15) is 9.50 Å². The van der Waals surface area contributed by atoms with Gasteiger partial charge in [-0.05, 0) is 36.8 Å². The maximum absolute atomic E-state index is 13.2. The molecular formula is C14H11FN4O. The summed E-state index contributed by atoms with van der Waals surface area (Å²) in [6, 6.07) is 7.37. The van der Waals surface area contributed by atoms with Crippen molar-refractivity contribution in [2.24, 2.45) is 0 Å². The third-order valence-electron chi connectivity index (χ3n) is 2.92. The van der Waals surface area contributed by atoms with Crippen LogP contribution in [0.1, 0.15) is 5.56 Å². The molecule has 20 heavy (non-hydrogen) atoms. The minimum absolute atomic E-state index is 0.0744. The summed E-state index contributed by atoms with van der Waals surface area (Å²) in [4.78, 5) is 8.48. The fraction of sp³-hybridized carbons (Fsp3) is 0.0714. The molecule has 100 valence electrons. The number of aryl methyl sites for hydroxylation is 1. The van der Waals surface area contributed by atoms with Crippen molar-refractivity contribution in [1.82, 2.24) is 20.2 Å². The number of aromatic nitrogens is 4. The molecule has 2 aromatic heterocycles. The lowest BCUT2D eigenvalue weighted by Gasteiger charge is -2.00. The van der Waals surface area contributed by atoms with Gasteiger partial charge < -0.3 is 5.11 Å². The van der Waals surface area contributed by atoms with Crippen LogP contribution in [-0.2, 0) is 0 Å². The molecule has 1 aromatic carbocycles. The first-order valence-corrected chi connectivity index (χ1v) is 5.98. The topological polar surface area (TPSA) is 74.7 Å². The molecule has 0 unspecified atom stereocenters. The Balaban J connectivity index is 2.07. The maximum atomic E-state index is 13.2. The zero-order valence-corrected chi connectivity index (χ0v) is 10.6. The van der Waals surface area contributed by atoms with Gasteiger partial charge in [-0.1, -0.05) is 6.07 Å². The summed E-state index contributed by atoms with van der Waals surface area (Å²) in [5, 5.41) is 16.5. The van der Waals surface area contributed by atoms with Crippen LogP contribution in [0.15, 0.2) is 36.5 Å². The lowest BCUT2D eigenvalue weighted by molar-refractivity contribution is 0.475. The maximum Gasteiger partial charge on any atom is 0.185 e. The van der Waals surface area contributed by atoms with Gasteiger partial charge in [0.1, 0.15) is 17.3 Å². The molecule has 5 nitrogen and oxygen atoms in total. The summed E-state index contributed by atoms with van der Waals surface area (Å²) < 4.78 is 13.2. The number of phenols is 1. The highest BCUT2D eigenvalue weighted by Gasteiger charge is 2.14. The summed E-state index contributed by atoms with van der Waals surface area (Å²) >= 11 is 0. The van der Waals surface area contributed by atoms with Crippen molar-refractivity contribution in [1.29, 1.82) is 0 Å². The second-order valence-corrected chi connectivity index (χ2v) is 4.34. The van der Waals surface area contributed by atoms with Crippen LogP contribution in [0.3, 0.4) is 0 Å². The van der Waals surface area contributed by atoms with Crippen LogP contribution in [0.5, 0.6) is 5.75 Å². The molecule has 6 heteroatoms. The van der Waals surface area contributed by atoms with Gasteiger partial charge in [0.2, 0.25) is 0 Å². The minimum atomic E-state index is -0.460. The van der Waals surface area contributed by atoms with E-state index in [0.29, 0.717) is 11.5 Å². The number of hydrogen-bond acceptors (Lipinski definition) is 4. The van der Waals surface area contributed by atoms with Crippen molar-refractivity contribution in [3.05, 3.63) is 47.9 Å². The lowest BCUT2D eigenvalue weighted by Crippen LogP contribution is -1.89. The van der Waals surface area contributed by atoms with Crippen molar-refractivity contribution >= 4 is 0 Å². The molecule has 0 spiro atoms. The van der Waals surface area contributed by atoms with Crippen molar-refractivity contribution in [2.45, 2.75) is 6.92 Å². The minimum Gasteiger partial charge on any atom is -0.507 e. The molecule has 2 N–H and O–H groups in total. The lowest BCUT2D eigenvalue weighted by atomic mass is 10.2. The standard InChI is InChI=1S/C14H11FN4O/c1-8-3-2-6-16-12(8)14-17-13(18-19-14)10-7-9(15)4-5-11(10)20/h2-7,20H,1H3,(H,17,18,19). The number of aromatic amines is 1. The van der Waals surface area contributed by atoms with Crippen molar-refractivity contribution in [2.75, 3.05) is 0 Å². The SMILES string of the molecule is Cc1cccnc1-c1nc(-c2cc(F)ccc2O)n[nH]1. The van der Waals surface area contributed by atoms with Gasteiger partial charge >= 0.3 is 0 Å². The Bertz CT molecular complexity index is 769. The number of nitrogens with one attached hydrogen (secondary N) is 1. The molecule has 0 aliphatic rings. The highest BCUT2D eigenvalue weighted by atomic mass is 19.1. The van der Waals surface area contributed by atoms with Crippen molar-refractivity contribution < 1.29 is 9.50 Å². The van der Waals surface area contributed by atoms with Crippen molar-refractivity contribution in [3.63, 3.8) is 0 Å². The molecule has 0 saturated carbocycles. The number of H-pyrrole nitrogens is 1. The highest BCUT2D eigenvalue weighted by Crippen LogP contribution is 2.28. The molecule has 0 aliphatic heterocycles. The number of halogens is 1. The van der Waals surface area contributed by atoms with Crippen LogP contribution >= 0.6 is 0 Å². The first kappa shape index (κ1) is 12.3. The van der Waals surface area contributed by atoms with E-state index in [0.717, 1.165) is 5.56 Å². The summed E-state index contributed by atoms with van der Waals surface area (Å²) in [6.45, 7) is 1.91. The van der Waals surface area contributed by atoms with Crippen LogP contribution in [0.25, 0.3) is 22.9 Å². The first-order valence-electron chi connectivity index (χ1n) is 5.98. The predicted molar refractivity (Wildman–Crippen MR) is 71.4 cm³/mol. The predicted octanol–water partition coefficient (Wildman–Crippen LogP) is 2.69. The number of nitrogens with zero attached hydrogens (tertiary/aromatic N) is 3. The number of aromatic hydroxyl groups is 1. The zero-order valence-electron chi connectivity index (χ0n) is 10.6. The number of phenolic OH excluding ortho intramolecular Hbond substituents is 1. The molecule has 0 atom stereocenters. The van der Waals surface area contributed by atoms with E-state index >= 15 is 0 Å². The van der Waals surface area contributed by atoms with Crippen LogP contribution in [0.2, 0.25) is 0 Å². The van der Waals surface area contributed by atoms with Gasteiger partial charge in [-0.2, -0.15) is 5.10 Å². The highest BCUT2D eigenvalue weighted by molar-refractivity contribution is 5.66. The molecule has 0 bridgehead atoms. The van der Waals surface area contributed by atoms with Crippen LogP contribution in [0.4, 0.5) is 4.39 Å². The molecule has 3 rings (SSSR count). The summed E-state index contributed by atoms with van der Waals surface area (Å²) in [7, 11) is 0. The summed E-state index contributed by atoms with van der Waals surface area (Å²) in [5.41, 5.74) is 1.85. The Morgan fingerprint density at radius 2 is 2.10 bits per heavy atom. The summed E-state index contributed by atoms with van der Waals surface area (Å²) in [5.74, 6) is 0.164. The van der Waals surface area contributed by atoms with Gasteiger partial charge in [-0.25, -0.2) is 9.37 Å². The van der Waals surface area contributed by atoms with E-state index in [-0.39, 0.29) is 17.1 Å². The second-order valence-electron chi connectivity index (χ2n) is 4.34. The monoisotopic (exact) mass is 270 g/mol. The molecule has 0 radical (unpaired) electrons. The fourth-order valence-corrected chi connectivity index (χ4v) is 1.91. The van der Waals surface area contributed by atoms with Gasteiger partial charge in [0.15, 0.2) is 11.6 Å². The van der Waals surface area contributed by atoms with Crippen LogP contribution in [0, 0.1) is 12.7 Å². The molecule has 2 heterocycles. The van der Waals surface area contributed by atoms with E-state index in [4.69, 9.17) is 0 Å². The Hall–Kier alpha value is -2.76. The van der Waals surface area contributed by atoms with E-state index in [2.05, 4.69) is 20.2 Å². The third kappa shape index (κ3) is 2.11. The van der Waals surface area contributed by atoms with Crippen LogP contribution in [-0.4, -0.2) is 25.3 Å². The molecule has 0 saturated heterocycles. The van der Waals surface area contributed by atoms with Crippen LogP contribution < -0.4 is 0 Å². The van der Waals surface area contributed by atoms with Gasteiger partial charge in [0.05, 0.1) is 5.56 Å². The summed E-state index contributed by atoms with van der Waals surface area (Å²) in [6.07, 6.45) is 1.66. The Labute approximate surface area is 114 Å². The number of benzene rings is 1. The first-order chi connectivity index (χ1) is 9.65. The Morgan fingerprint density at radius 3 is 2.90 bits per heavy atom. The quantitative estimate of drug-likeness (QED) is 0.750. The molecule has 3 aromatic rings. The Kier molecular flexibility index (Phi) is 2.90. The average Bonchev–Trinajstić information content (AvgIpc) is 2.91. The molecule has 0 aliphatic carbocycles. The molecular weight excluding hydrogens is 259 g/mol. The van der Waals surface area contributed by atoms with E-state index in [1.54, 1.807) is 6.20 Å². The molecule has 0 amide bonds. The largest absolute Gasteiger partial charge is 0.507 e. The van der Waals surface area contributed by atoms with E-state index in [1.807, 2.05) is 19.1 Å². The third-order valence-corrected chi connectivity index (χ3v) is 2.92. The van der Waals surface area contributed by atoms with E-state index in [1.165, 1.54) is 18.2 Å². The van der Waals surface area contributed by atoms with Gasteiger partial charge in [0.25, 0.3) is 0 Å².